The van der Waals surface area contributed by atoms with Gasteiger partial charge in [-0.15, -0.1) is 0 Å². The van der Waals surface area contributed by atoms with Crippen LogP contribution in [-0.2, 0) is 4.74 Å². The van der Waals surface area contributed by atoms with Crippen LogP contribution in [0.2, 0.25) is 0 Å². The molecule has 0 bridgehead atoms. The van der Waals surface area contributed by atoms with Crippen molar-refractivity contribution in [2.45, 2.75) is 40.0 Å². The Morgan fingerprint density at radius 1 is 0.913 bits per heavy atom. The van der Waals surface area contributed by atoms with E-state index in [0.717, 1.165) is 12.0 Å². The maximum Gasteiger partial charge on any atom is 0.343 e. The maximum absolute atomic E-state index is 11.8. The van der Waals surface area contributed by atoms with Crippen LogP contribution in [0.25, 0.3) is 0 Å². The highest BCUT2D eigenvalue weighted by Crippen LogP contribution is 2.27. The smallest absolute Gasteiger partial charge is 0.343 e. The highest BCUT2D eigenvalue weighted by molar-refractivity contribution is 5.92. The second-order valence-corrected chi connectivity index (χ2v) is 5.08. The summed E-state index contributed by atoms with van der Waals surface area (Å²) >= 11 is 0. The van der Waals surface area contributed by atoms with E-state index in [2.05, 4.69) is 6.92 Å². The molecule has 23 heavy (non-hydrogen) atoms. The van der Waals surface area contributed by atoms with Gasteiger partial charge >= 0.3 is 5.97 Å². The first-order valence-electron chi connectivity index (χ1n) is 8.16. The molecule has 0 aromatic heterocycles. The molecule has 2 aromatic rings. The number of esters is 1. The molecule has 1 atom stereocenters. The molecule has 122 valence electrons. The molecular weight excluding hydrogens is 284 g/mol. The topological polar surface area (TPSA) is 26.3 Å². The molecule has 1 aliphatic heterocycles. The van der Waals surface area contributed by atoms with E-state index in [1.165, 1.54) is 0 Å². The summed E-state index contributed by atoms with van der Waals surface area (Å²) in [5.41, 5.74) is 1.77. The normalized spacial score (nSPS) is 18.2. The number of hydrogen-bond acceptors (Lipinski definition) is 2. The van der Waals surface area contributed by atoms with E-state index in [4.69, 9.17) is 4.74 Å². The Bertz CT molecular complexity index is 588. The summed E-state index contributed by atoms with van der Waals surface area (Å²) in [6.07, 6.45) is 2.88. The lowest BCUT2D eigenvalue weighted by molar-refractivity contribution is 0.0620. The van der Waals surface area contributed by atoms with E-state index in [9.17, 15) is 4.79 Å². The van der Waals surface area contributed by atoms with Crippen molar-refractivity contribution in [1.82, 2.24) is 0 Å². The lowest BCUT2D eigenvalue weighted by Gasteiger charge is -2.17. The fourth-order valence-electron chi connectivity index (χ4n) is 2.21. The molecule has 0 spiro atoms. The summed E-state index contributed by atoms with van der Waals surface area (Å²) in [6.45, 7) is 7.94. The lowest BCUT2D eigenvalue weighted by Crippen LogP contribution is -2.11. The zero-order valence-corrected chi connectivity index (χ0v) is 14.5. The monoisotopic (exact) mass is 310 g/mol. The molecule has 0 saturated heterocycles. The van der Waals surface area contributed by atoms with Crippen molar-refractivity contribution in [3.05, 3.63) is 83.6 Å². The number of hydrogen-bond donors (Lipinski definition) is 0. The third-order valence-electron chi connectivity index (χ3n) is 3.39. The van der Waals surface area contributed by atoms with Crippen molar-refractivity contribution in [2.75, 3.05) is 0 Å². The van der Waals surface area contributed by atoms with Crippen LogP contribution in [0.4, 0.5) is 0 Å². The van der Waals surface area contributed by atoms with Gasteiger partial charge in [-0.25, -0.2) is 4.79 Å². The molecule has 1 unspecified atom stereocenters. The molecule has 2 heteroatoms. The fourth-order valence-corrected chi connectivity index (χ4v) is 2.21. The van der Waals surface area contributed by atoms with Gasteiger partial charge in [-0.2, -0.15) is 0 Å². The first-order chi connectivity index (χ1) is 11.2. The van der Waals surface area contributed by atoms with Crippen molar-refractivity contribution in [3.63, 3.8) is 0 Å². The Morgan fingerprint density at radius 3 is 2.00 bits per heavy atom. The van der Waals surface area contributed by atoms with Crippen molar-refractivity contribution in [2.24, 2.45) is 0 Å². The number of benzene rings is 2. The summed E-state index contributed by atoms with van der Waals surface area (Å²) in [5.74, 6) is 0.816. The van der Waals surface area contributed by atoms with Crippen LogP contribution in [0.3, 0.4) is 0 Å². The van der Waals surface area contributed by atoms with Crippen molar-refractivity contribution in [3.8, 4) is 0 Å². The van der Waals surface area contributed by atoms with Gasteiger partial charge in [0.1, 0.15) is 5.76 Å². The Morgan fingerprint density at radius 2 is 1.43 bits per heavy atom. The minimum absolute atomic E-state index is 0.245. The summed E-state index contributed by atoms with van der Waals surface area (Å²) in [7, 11) is 0. The van der Waals surface area contributed by atoms with Crippen LogP contribution >= 0.6 is 0 Å². The van der Waals surface area contributed by atoms with Gasteiger partial charge in [-0.3, -0.25) is 0 Å². The van der Waals surface area contributed by atoms with Gasteiger partial charge in [0.25, 0.3) is 0 Å². The van der Waals surface area contributed by atoms with Crippen molar-refractivity contribution >= 4 is 5.97 Å². The number of allylic oxidation sites excluding steroid dienone is 2. The Balaban J connectivity index is 0.000000276. The fraction of sp³-hybridized carbons (Fsp3) is 0.286. The summed E-state index contributed by atoms with van der Waals surface area (Å²) in [5, 5.41) is 0. The van der Waals surface area contributed by atoms with Gasteiger partial charge in [0, 0.05) is 0 Å². The average Bonchev–Trinajstić information content (AvgIpc) is 2.62. The SMILES string of the molecule is C/C1=C\CC(C)c2ccccc2C(=O)O1.CC.c1ccccc1. The molecule has 0 saturated carbocycles. The zero-order valence-electron chi connectivity index (χ0n) is 14.5. The van der Waals surface area contributed by atoms with Gasteiger partial charge in [0.05, 0.1) is 5.56 Å². The molecule has 2 nitrogen and oxygen atoms in total. The summed E-state index contributed by atoms with van der Waals surface area (Å²) in [6, 6.07) is 19.6. The van der Waals surface area contributed by atoms with Crippen LogP contribution < -0.4 is 0 Å². The number of rotatable bonds is 0. The Labute approximate surface area is 139 Å². The Kier molecular flexibility index (Phi) is 8.45. The third-order valence-corrected chi connectivity index (χ3v) is 3.39. The van der Waals surface area contributed by atoms with Crippen LogP contribution in [0.15, 0.2) is 72.5 Å². The second kappa shape index (κ2) is 10.4. The van der Waals surface area contributed by atoms with E-state index in [0.29, 0.717) is 17.2 Å². The number of cyclic esters (lactones) is 1. The largest absolute Gasteiger partial charge is 0.428 e. The number of carbonyl (C=O) groups is 1. The highest BCUT2D eigenvalue weighted by atomic mass is 16.5. The molecule has 0 radical (unpaired) electrons. The van der Waals surface area contributed by atoms with Crippen LogP contribution in [-0.4, -0.2) is 5.97 Å². The third kappa shape index (κ3) is 6.11. The quantitative estimate of drug-likeness (QED) is 0.560. The minimum Gasteiger partial charge on any atom is -0.428 e. The molecule has 2 aromatic carbocycles. The number of ether oxygens (including phenoxy) is 1. The highest BCUT2D eigenvalue weighted by Gasteiger charge is 2.19. The predicted molar refractivity (Wildman–Crippen MR) is 96.4 cm³/mol. The lowest BCUT2D eigenvalue weighted by atomic mass is 9.92. The zero-order chi connectivity index (χ0) is 17.1. The standard InChI is InChI=1S/C13H14O2.C6H6.C2H6/c1-9-7-8-10(2)15-13(14)12-6-4-3-5-11(9)12;1-2-4-6-5-3-1;1-2/h3-6,8-9H,7H2,1-2H3;1-6H;1-2H3/b10-8+;;. The molecule has 1 heterocycles. The van der Waals surface area contributed by atoms with Crippen molar-refractivity contribution < 1.29 is 9.53 Å². The molecule has 0 N–H and O–H groups in total. The van der Waals surface area contributed by atoms with Gasteiger partial charge < -0.3 is 4.74 Å². The molecule has 0 amide bonds. The van der Waals surface area contributed by atoms with Crippen molar-refractivity contribution in [1.29, 1.82) is 0 Å². The summed E-state index contributed by atoms with van der Waals surface area (Å²) < 4.78 is 5.19. The second-order valence-electron chi connectivity index (χ2n) is 5.08. The van der Waals surface area contributed by atoms with E-state index in [1.807, 2.05) is 87.5 Å². The van der Waals surface area contributed by atoms with Crippen LogP contribution in [0, 0.1) is 0 Å². The Hall–Kier alpha value is -2.35. The van der Waals surface area contributed by atoms with Gasteiger partial charge in [-0.1, -0.05) is 75.4 Å². The summed E-state index contributed by atoms with van der Waals surface area (Å²) in [4.78, 5) is 11.8. The van der Waals surface area contributed by atoms with E-state index in [1.54, 1.807) is 0 Å². The van der Waals surface area contributed by atoms with Gasteiger partial charge in [0.2, 0.25) is 0 Å². The maximum atomic E-state index is 11.8. The number of fused-ring (bicyclic) bond motifs is 1. The van der Waals surface area contributed by atoms with Gasteiger partial charge in [0.15, 0.2) is 0 Å². The predicted octanol–water partition coefficient (Wildman–Crippen LogP) is 5.97. The molecule has 1 aliphatic rings. The molecular formula is C21H26O2. The van der Waals surface area contributed by atoms with E-state index < -0.39 is 0 Å². The van der Waals surface area contributed by atoms with E-state index >= 15 is 0 Å². The van der Waals surface area contributed by atoms with E-state index in [-0.39, 0.29) is 5.97 Å². The number of carbonyl (C=O) groups excluding carboxylic acids is 1. The molecule has 3 rings (SSSR count). The minimum atomic E-state index is -0.245. The first-order valence-corrected chi connectivity index (χ1v) is 8.16. The van der Waals surface area contributed by atoms with Crippen LogP contribution in [0.1, 0.15) is 56.0 Å². The molecule has 0 fully saturated rings. The van der Waals surface area contributed by atoms with Gasteiger partial charge in [-0.05, 0) is 37.0 Å². The first kappa shape index (κ1) is 18.7. The average molecular weight is 310 g/mol. The van der Waals surface area contributed by atoms with Crippen LogP contribution in [0.5, 0.6) is 0 Å². The molecule has 0 aliphatic carbocycles.